The highest BCUT2D eigenvalue weighted by molar-refractivity contribution is 5.12. The summed E-state index contributed by atoms with van der Waals surface area (Å²) in [6, 6.07) is 0. The van der Waals surface area contributed by atoms with E-state index in [0.29, 0.717) is 10.8 Å². The molecule has 0 aromatic heterocycles. The van der Waals surface area contributed by atoms with Crippen molar-refractivity contribution < 1.29 is 9.84 Å². The lowest BCUT2D eigenvalue weighted by Crippen LogP contribution is -2.55. The Hall–Kier alpha value is -0.0800. The average molecular weight is 266 g/mol. The highest BCUT2D eigenvalue weighted by atomic mass is 16.5. The number of aliphatic hydroxyl groups is 1. The maximum absolute atomic E-state index is 10.5. The van der Waals surface area contributed by atoms with Crippen LogP contribution >= 0.6 is 0 Å². The molecule has 19 heavy (non-hydrogen) atoms. The van der Waals surface area contributed by atoms with Gasteiger partial charge < -0.3 is 9.84 Å². The van der Waals surface area contributed by atoms with Crippen molar-refractivity contribution in [1.82, 2.24) is 0 Å². The molecule has 0 aromatic rings. The van der Waals surface area contributed by atoms with E-state index in [1.807, 2.05) is 0 Å². The lowest BCUT2D eigenvalue weighted by molar-refractivity contribution is -0.178. The molecule has 0 spiro atoms. The van der Waals surface area contributed by atoms with Crippen LogP contribution in [0.3, 0.4) is 0 Å². The third-order valence-electron chi connectivity index (χ3n) is 6.74. The zero-order valence-corrected chi connectivity index (χ0v) is 13.0. The van der Waals surface area contributed by atoms with Gasteiger partial charge in [0.05, 0.1) is 11.7 Å². The number of rotatable bonds is 2. The van der Waals surface area contributed by atoms with Gasteiger partial charge in [0.2, 0.25) is 0 Å². The van der Waals surface area contributed by atoms with Crippen LogP contribution in [0.15, 0.2) is 0 Å². The number of aliphatic hydroxyl groups excluding tert-OH is 1. The normalized spacial score (nSPS) is 51.9. The van der Waals surface area contributed by atoms with E-state index in [-0.39, 0.29) is 11.7 Å². The monoisotopic (exact) mass is 266 g/mol. The lowest BCUT2D eigenvalue weighted by atomic mass is 9.46. The zero-order chi connectivity index (χ0) is 13.9. The molecule has 0 saturated heterocycles. The smallest absolute Gasteiger partial charge is 0.0945 e. The molecule has 3 fully saturated rings. The first-order valence-electron chi connectivity index (χ1n) is 8.15. The fraction of sp³-hybridized carbons (Fsp3) is 1.00. The number of hydrogen-bond acceptors (Lipinski definition) is 2. The predicted molar refractivity (Wildman–Crippen MR) is 76.9 cm³/mol. The van der Waals surface area contributed by atoms with Gasteiger partial charge in [-0.25, -0.2) is 0 Å². The van der Waals surface area contributed by atoms with E-state index in [9.17, 15) is 5.11 Å². The topological polar surface area (TPSA) is 29.5 Å². The van der Waals surface area contributed by atoms with Gasteiger partial charge in [-0.1, -0.05) is 20.8 Å². The average Bonchev–Trinajstić information content (AvgIpc) is 2.40. The second-order valence-corrected chi connectivity index (χ2v) is 8.33. The highest BCUT2D eigenvalue weighted by Crippen LogP contribution is 2.66. The summed E-state index contributed by atoms with van der Waals surface area (Å²) in [6.07, 6.45) is 6.60. The molecule has 0 aliphatic heterocycles. The van der Waals surface area contributed by atoms with E-state index < -0.39 is 0 Å². The van der Waals surface area contributed by atoms with Crippen LogP contribution in [0, 0.1) is 22.7 Å². The summed E-state index contributed by atoms with van der Waals surface area (Å²) in [6.45, 7) is 10.1. The van der Waals surface area contributed by atoms with Gasteiger partial charge in [-0.15, -0.1) is 0 Å². The quantitative estimate of drug-likeness (QED) is 0.824. The van der Waals surface area contributed by atoms with Gasteiger partial charge >= 0.3 is 0 Å². The van der Waals surface area contributed by atoms with E-state index in [0.717, 1.165) is 37.7 Å². The third kappa shape index (κ3) is 1.90. The van der Waals surface area contributed by atoms with Gasteiger partial charge in [-0.2, -0.15) is 0 Å². The van der Waals surface area contributed by atoms with Crippen molar-refractivity contribution in [3.8, 4) is 0 Å². The van der Waals surface area contributed by atoms with Crippen LogP contribution in [0.25, 0.3) is 0 Å². The summed E-state index contributed by atoms with van der Waals surface area (Å²) in [7, 11) is 0. The van der Waals surface area contributed by atoms with Crippen molar-refractivity contribution in [3.05, 3.63) is 0 Å². The molecule has 0 aromatic carbocycles. The molecule has 2 bridgehead atoms. The summed E-state index contributed by atoms with van der Waals surface area (Å²) in [5.41, 5.74) is 0.657. The molecule has 0 heterocycles. The SMILES string of the molecule is CCO[C@@]12CC[C@@H]3[C@H](CC3(C)C)[C@@](C)(CC[C@H]1O)C2. The van der Waals surface area contributed by atoms with Crippen LogP contribution in [0.1, 0.15) is 66.2 Å². The number of fused-ring (bicyclic) bond motifs is 4. The van der Waals surface area contributed by atoms with Crippen LogP contribution in [-0.4, -0.2) is 23.4 Å². The van der Waals surface area contributed by atoms with Gasteiger partial charge in [0.25, 0.3) is 0 Å². The van der Waals surface area contributed by atoms with Gasteiger partial charge in [-0.3, -0.25) is 0 Å². The summed E-state index contributed by atoms with van der Waals surface area (Å²) in [4.78, 5) is 0. The Balaban J connectivity index is 1.92. The first-order chi connectivity index (χ1) is 8.83. The van der Waals surface area contributed by atoms with Crippen LogP contribution in [-0.2, 0) is 4.74 Å². The van der Waals surface area contributed by atoms with Crippen molar-refractivity contribution >= 4 is 0 Å². The van der Waals surface area contributed by atoms with Crippen molar-refractivity contribution in [2.45, 2.75) is 77.9 Å². The van der Waals surface area contributed by atoms with Crippen molar-refractivity contribution in [2.24, 2.45) is 22.7 Å². The van der Waals surface area contributed by atoms with Crippen LogP contribution in [0.4, 0.5) is 0 Å². The molecule has 0 amide bonds. The number of ether oxygens (including phenoxy) is 1. The molecule has 5 atom stereocenters. The molecule has 2 nitrogen and oxygen atoms in total. The van der Waals surface area contributed by atoms with Gasteiger partial charge in [-0.05, 0) is 68.1 Å². The van der Waals surface area contributed by atoms with Crippen molar-refractivity contribution in [3.63, 3.8) is 0 Å². The predicted octanol–water partition coefficient (Wildman–Crippen LogP) is 3.77. The zero-order valence-electron chi connectivity index (χ0n) is 13.0. The molecule has 3 aliphatic carbocycles. The molecule has 3 aliphatic rings. The van der Waals surface area contributed by atoms with Crippen LogP contribution < -0.4 is 0 Å². The van der Waals surface area contributed by atoms with Crippen molar-refractivity contribution in [1.29, 1.82) is 0 Å². The summed E-state index contributed by atoms with van der Waals surface area (Å²) in [5.74, 6) is 1.70. The summed E-state index contributed by atoms with van der Waals surface area (Å²) < 4.78 is 6.14. The van der Waals surface area contributed by atoms with E-state index >= 15 is 0 Å². The van der Waals surface area contributed by atoms with E-state index in [2.05, 4.69) is 27.7 Å². The minimum atomic E-state index is -0.249. The maximum Gasteiger partial charge on any atom is 0.0945 e. The minimum Gasteiger partial charge on any atom is -0.390 e. The molecule has 3 saturated carbocycles. The molecule has 110 valence electrons. The largest absolute Gasteiger partial charge is 0.390 e. The van der Waals surface area contributed by atoms with Gasteiger partial charge in [0.1, 0.15) is 0 Å². The van der Waals surface area contributed by atoms with E-state index in [4.69, 9.17) is 4.74 Å². The second-order valence-electron chi connectivity index (χ2n) is 8.33. The Morgan fingerprint density at radius 2 is 1.84 bits per heavy atom. The fourth-order valence-corrected chi connectivity index (χ4v) is 5.67. The second kappa shape index (κ2) is 4.21. The molecule has 0 radical (unpaired) electrons. The van der Waals surface area contributed by atoms with E-state index in [1.165, 1.54) is 19.3 Å². The molecular weight excluding hydrogens is 236 g/mol. The van der Waals surface area contributed by atoms with E-state index in [1.54, 1.807) is 0 Å². The van der Waals surface area contributed by atoms with Gasteiger partial charge in [0, 0.05) is 6.61 Å². The fourth-order valence-electron chi connectivity index (χ4n) is 5.67. The number of hydrogen-bond donors (Lipinski definition) is 1. The Kier molecular flexibility index (Phi) is 3.07. The summed E-state index contributed by atoms with van der Waals surface area (Å²) in [5, 5.41) is 10.5. The maximum atomic E-state index is 10.5. The van der Waals surface area contributed by atoms with Crippen LogP contribution in [0.5, 0.6) is 0 Å². The van der Waals surface area contributed by atoms with Crippen LogP contribution in [0.2, 0.25) is 0 Å². The van der Waals surface area contributed by atoms with Crippen molar-refractivity contribution in [2.75, 3.05) is 6.61 Å². The first-order valence-corrected chi connectivity index (χ1v) is 8.15. The minimum absolute atomic E-state index is 0.241. The standard InChI is InChI=1S/C17H30O2/c1-5-19-17-9-6-12-13(10-15(12,2)3)16(4,11-17)8-7-14(17)18/h12-14,18H,5-11H2,1-4H3/t12-,13+,14-,16+,17-/m1/s1. The first kappa shape index (κ1) is 13.9. The molecule has 0 unspecified atom stereocenters. The highest BCUT2D eigenvalue weighted by Gasteiger charge is 2.61. The molecule has 3 rings (SSSR count). The summed E-state index contributed by atoms with van der Waals surface area (Å²) >= 11 is 0. The Morgan fingerprint density at radius 3 is 2.47 bits per heavy atom. The molecule has 1 N–H and O–H groups in total. The van der Waals surface area contributed by atoms with Gasteiger partial charge in [0.15, 0.2) is 0 Å². The lowest BCUT2D eigenvalue weighted by Gasteiger charge is -2.59. The Morgan fingerprint density at radius 1 is 1.11 bits per heavy atom. The molecular formula is C17H30O2. The Labute approximate surface area is 117 Å². The third-order valence-corrected chi connectivity index (χ3v) is 6.74. The Bertz CT molecular complexity index is 364. The molecule has 2 heteroatoms.